The Morgan fingerprint density at radius 3 is 0.825 bits per heavy atom. The predicted octanol–water partition coefficient (Wildman–Crippen LogP) is 19.3. The van der Waals surface area contributed by atoms with E-state index in [0.717, 1.165) is 57.8 Å². The summed E-state index contributed by atoms with van der Waals surface area (Å²) in [6.45, 7) is 10.6. The van der Waals surface area contributed by atoms with Crippen molar-refractivity contribution in [3.05, 3.63) is 0 Å². The number of esters is 1. The van der Waals surface area contributed by atoms with Gasteiger partial charge in [-0.1, -0.05) is 298 Å². The molecule has 0 aliphatic heterocycles. The number of ether oxygens (including phenoxy) is 1. The van der Waals surface area contributed by atoms with E-state index in [4.69, 9.17) is 14.5 Å². The fourth-order valence-corrected chi connectivity index (χ4v) is 9.15. The first kappa shape index (κ1) is 61.4. The molecule has 0 aliphatic rings. The number of carbonyl (C=O) groups excluding carboxylic acids is 3. The van der Waals surface area contributed by atoms with Gasteiger partial charge in [0.1, 0.15) is 0 Å². The lowest BCUT2D eigenvalue weighted by Gasteiger charge is -2.34. The van der Waals surface area contributed by atoms with Gasteiger partial charge in [0.15, 0.2) is 0 Å². The summed E-state index contributed by atoms with van der Waals surface area (Å²) in [6, 6.07) is 0. The second-order valence-electron chi connectivity index (χ2n) is 20.1. The first-order valence-electron chi connectivity index (χ1n) is 28.5. The Kier molecular flexibility index (Phi) is 47.1. The van der Waals surface area contributed by atoms with Crippen molar-refractivity contribution in [1.82, 2.24) is 0 Å². The highest BCUT2D eigenvalue weighted by molar-refractivity contribution is 5.84. The maximum absolute atomic E-state index is 13.8. The van der Waals surface area contributed by atoms with Gasteiger partial charge in [-0.3, -0.25) is 4.79 Å². The smallest absolute Gasteiger partial charge is 0.399 e. The summed E-state index contributed by atoms with van der Waals surface area (Å²) in [6.07, 6.45) is 56.2. The molecule has 374 valence electrons. The molecule has 6 nitrogen and oxygen atoms in total. The second kappa shape index (κ2) is 48.3. The molecule has 63 heavy (non-hydrogen) atoms. The van der Waals surface area contributed by atoms with Gasteiger partial charge in [-0.05, 0) is 25.7 Å². The molecule has 0 aromatic carbocycles. The molecule has 0 amide bonds. The second-order valence-corrected chi connectivity index (χ2v) is 20.1. The van der Waals surface area contributed by atoms with Crippen LogP contribution in [0.5, 0.6) is 0 Å². The SMILES string of the molecule is CCCCCCCCCCCCCCCCCC(=O)OOC(=O)C(CCCCCCCCCCCCCCCC)(OC(=O)CCCCCCCCCCCCCCCCC)C(C)C. The van der Waals surface area contributed by atoms with Gasteiger partial charge >= 0.3 is 17.9 Å². The minimum Gasteiger partial charge on any atom is -0.447 e. The van der Waals surface area contributed by atoms with Crippen molar-refractivity contribution in [3.63, 3.8) is 0 Å². The summed E-state index contributed by atoms with van der Waals surface area (Å²) in [5, 5.41) is 0. The molecule has 0 aromatic heterocycles. The van der Waals surface area contributed by atoms with Gasteiger partial charge in [0.2, 0.25) is 5.60 Å². The molecular weight excluding hydrogens is 781 g/mol. The predicted molar refractivity (Wildman–Crippen MR) is 270 cm³/mol. The average molecular weight is 892 g/mol. The van der Waals surface area contributed by atoms with Gasteiger partial charge in [0.05, 0.1) is 6.42 Å². The van der Waals surface area contributed by atoms with Crippen LogP contribution in [-0.4, -0.2) is 23.5 Å². The van der Waals surface area contributed by atoms with Crippen molar-refractivity contribution in [2.24, 2.45) is 5.92 Å². The van der Waals surface area contributed by atoms with Crippen LogP contribution in [0.15, 0.2) is 0 Å². The molecule has 6 heteroatoms. The summed E-state index contributed by atoms with van der Waals surface area (Å²) >= 11 is 0. The molecular formula is C57H110O6. The van der Waals surface area contributed by atoms with Crippen molar-refractivity contribution >= 4 is 17.9 Å². The summed E-state index contributed by atoms with van der Waals surface area (Å²) in [5.41, 5.74) is -1.46. The quantitative estimate of drug-likeness (QED) is 0.0262. The third-order valence-corrected chi connectivity index (χ3v) is 13.7. The van der Waals surface area contributed by atoms with E-state index in [2.05, 4.69) is 20.8 Å². The van der Waals surface area contributed by atoms with Gasteiger partial charge in [-0.25, -0.2) is 19.4 Å². The number of rotatable bonds is 50. The Bertz CT molecular complexity index is 980. The zero-order valence-corrected chi connectivity index (χ0v) is 43.3. The standard InChI is InChI=1S/C57H110O6/c1-6-9-12-15-18-21-24-27-30-32-35-38-41-44-47-50-54(58)61-57(53(4)5,52-49-46-43-40-37-34-29-26-23-20-17-14-11-8-3)56(60)63-62-55(59)51-48-45-42-39-36-33-31-28-25-22-19-16-13-10-7-2/h53H,6-52H2,1-5H3. The van der Waals surface area contributed by atoms with E-state index >= 15 is 0 Å². The zero-order chi connectivity index (χ0) is 46.2. The van der Waals surface area contributed by atoms with E-state index < -0.39 is 17.5 Å². The van der Waals surface area contributed by atoms with Gasteiger partial charge in [0.25, 0.3) is 0 Å². The maximum Gasteiger partial charge on any atom is 0.399 e. The Hall–Kier alpha value is -1.59. The molecule has 0 heterocycles. The number of hydrogen-bond acceptors (Lipinski definition) is 6. The molecule has 0 bridgehead atoms. The number of hydrogen-bond donors (Lipinski definition) is 0. The summed E-state index contributed by atoms with van der Waals surface area (Å²) < 4.78 is 6.11. The lowest BCUT2D eigenvalue weighted by Crippen LogP contribution is -2.49. The average Bonchev–Trinajstić information content (AvgIpc) is 3.27. The highest BCUT2D eigenvalue weighted by atomic mass is 17.2. The van der Waals surface area contributed by atoms with Crippen molar-refractivity contribution < 1.29 is 28.9 Å². The van der Waals surface area contributed by atoms with Crippen LogP contribution in [0.1, 0.15) is 336 Å². The molecule has 0 radical (unpaired) electrons. The molecule has 0 N–H and O–H groups in total. The lowest BCUT2D eigenvalue weighted by atomic mass is 9.84. The first-order chi connectivity index (χ1) is 30.8. The van der Waals surface area contributed by atoms with Crippen LogP contribution in [0.2, 0.25) is 0 Å². The molecule has 0 fully saturated rings. The topological polar surface area (TPSA) is 78.9 Å². The summed E-state index contributed by atoms with van der Waals surface area (Å²) in [4.78, 5) is 50.1. The van der Waals surface area contributed by atoms with Crippen LogP contribution in [0.25, 0.3) is 0 Å². The fraction of sp³-hybridized carbons (Fsp3) is 0.947. The van der Waals surface area contributed by atoms with Crippen molar-refractivity contribution in [1.29, 1.82) is 0 Å². The highest BCUT2D eigenvalue weighted by Gasteiger charge is 2.48. The van der Waals surface area contributed by atoms with Gasteiger partial charge in [-0.15, -0.1) is 0 Å². The van der Waals surface area contributed by atoms with Crippen molar-refractivity contribution in [3.8, 4) is 0 Å². The van der Waals surface area contributed by atoms with Crippen LogP contribution in [0.3, 0.4) is 0 Å². The summed E-state index contributed by atoms with van der Waals surface area (Å²) in [5.74, 6) is -1.95. The normalized spacial score (nSPS) is 12.5. The molecule has 0 spiro atoms. The minimum atomic E-state index is -1.46. The third kappa shape index (κ3) is 40.4. The van der Waals surface area contributed by atoms with Crippen LogP contribution in [-0.2, 0) is 28.9 Å². The largest absolute Gasteiger partial charge is 0.447 e. The van der Waals surface area contributed by atoms with Crippen molar-refractivity contribution in [2.45, 2.75) is 342 Å². The number of carbonyl (C=O) groups is 3. The lowest BCUT2D eigenvalue weighted by molar-refractivity contribution is -0.275. The molecule has 1 atom stereocenters. The minimum absolute atomic E-state index is 0.220. The van der Waals surface area contributed by atoms with Crippen molar-refractivity contribution in [2.75, 3.05) is 0 Å². The van der Waals surface area contributed by atoms with Gasteiger partial charge in [-0.2, -0.15) is 0 Å². The molecule has 0 aliphatic carbocycles. The molecule has 0 saturated heterocycles. The molecule has 0 aromatic rings. The number of unbranched alkanes of at least 4 members (excludes halogenated alkanes) is 41. The van der Waals surface area contributed by atoms with Crippen LogP contribution in [0.4, 0.5) is 0 Å². The Balaban J connectivity index is 4.66. The fourth-order valence-electron chi connectivity index (χ4n) is 9.15. The van der Waals surface area contributed by atoms with E-state index in [9.17, 15) is 14.4 Å². The first-order valence-corrected chi connectivity index (χ1v) is 28.5. The van der Waals surface area contributed by atoms with E-state index in [0.29, 0.717) is 6.42 Å². The monoisotopic (exact) mass is 891 g/mol. The molecule has 1 unspecified atom stereocenters. The van der Waals surface area contributed by atoms with Crippen LogP contribution in [0, 0.1) is 5.92 Å². The van der Waals surface area contributed by atoms with E-state index in [1.165, 1.54) is 225 Å². The highest BCUT2D eigenvalue weighted by Crippen LogP contribution is 2.32. The Morgan fingerprint density at radius 2 is 0.556 bits per heavy atom. The summed E-state index contributed by atoms with van der Waals surface area (Å²) in [7, 11) is 0. The Labute approximate surface area is 393 Å². The molecule has 0 rings (SSSR count). The van der Waals surface area contributed by atoms with Gasteiger partial charge < -0.3 is 4.74 Å². The third-order valence-electron chi connectivity index (χ3n) is 13.7. The maximum atomic E-state index is 13.8. The zero-order valence-electron chi connectivity index (χ0n) is 43.3. The van der Waals surface area contributed by atoms with E-state index in [-0.39, 0.29) is 24.7 Å². The van der Waals surface area contributed by atoms with E-state index in [1.807, 2.05) is 13.8 Å². The van der Waals surface area contributed by atoms with Crippen LogP contribution < -0.4 is 0 Å². The van der Waals surface area contributed by atoms with Crippen LogP contribution >= 0.6 is 0 Å². The van der Waals surface area contributed by atoms with Gasteiger partial charge in [0, 0.05) is 12.3 Å². The van der Waals surface area contributed by atoms with E-state index in [1.54, 1.807) is 0 Å². The molecule has 0 saturated carbocycles. The Morgan fingerprint density at radius 1 is 0.317 bits per heavy atom.